The van der Waals surface area contributed by atoms with Gasteiger partial charge >= 0.3 is 0 Å². The van der Waals surface area contributed by atoms with Crippen LogP contribution in [0.25, 0.3) is 0 Å². The summed E-state index contributed by atoms with van der Waals surface area (Å²) in [5.74, 6) is -2.56. The van der Waals surface area contributed by atoms with Gasteiger partial charge in [0, 0.05) is 31.7 Å². The van der Waals surface area contributed by atoms with Crippen LogP contribution in [0.2, 0.25) is 0 Å². The molecule has 0 unspecified atom stereocenters. The Labute approximate surface area is 125 Å². The van der Waals surface area contributed by atoms with Gasteiger partial charge in [0.05, 0.1) is 11.8 Å². The standard InChI is InChI=1S/C14H15F2N3OS/c1-18(13(20)11-7-17-19(2)9-11)8-10-3-5-12(6-4-10)21-14(15)16/h3-7,9,14H,8H2,1-2H3. The van der Waals surface area contributed by atoms with Crippen molar-refractivity contribution in [2.45, 2.75) is 17.2 Å². The van der Waals surface area contributed by atoms with Crippen LogP contribution in [0.5, 0.6) is 0 Å². The van der Waals surface area contributed by atoms with E-state index in [1.807, 2.05) is 0 Å². The molecule has 2 aromatic rings. The number of aromatic nitrogens is 2. The lowest BCUT2D eigenvalue weighted by Crippen LogP contribution is -2.25. The first-order valence-electron chi connectivity index (χ1n) is 6.23. The molecule has 0 aliphatic heterocycles. The number of carbonyl (C=O) groups is 1. The van der Waals surface area contributed by atoms with Gasteiger partial charge in [-0.3, -0.25) is 9.48 Å². The number of aryl methyl sites for hydroxylation is 1. The van der Waals surface area contributed by atoms with Crippen LogP contribution in [0.15, 0.2) is 41.6 Å². The van der Waals surface area contributed by atoms with Crippen LogP contribution < -0.4 is 0 Å². The van der Waals surface area contributed by atoms with Gasteiger partial charge in [-0.25, -0.2) is 0 Å². The largest absolute Gasteiger partial charge is 0.337 e. The molecule has 0 spiro atoms. The molecule has 2 rings (SSSR count). The summed E-state index contributed by atoms with van der Waals surface area (Å²) in [6.07, 6.45) is 3.17. The molecule has 0 bridgehead atoms. The monoisotopic (exact) mass is 311 g/mol. The van der Waals surface area contributed by atoms with Gasteiger partial charge in [0.2, 0.25) is 0 Å². The smallest absolute Gasteiger partial charge is 0.288 e. The molecule has 0 N–H and O–H groups in total. The van der Waals surface area contributed by atoms with Gasteiger partial charge in [0.1, 0.15) is 0 Å². The van der Waals surface area contributed by atoms with Crippen molar-refractivity contribution in [3.05, 3.63) is 47.8 Å². The average Bonchev–Trinajstić information content (AvgIpc) is 2.86. The van der Waals surface area contributed by atoms with Crippen LogP contribution in [0.1, 0.15) is 15.9 Å². The van der Waals surface area contributed by atoms with E-state index < -0.39 is 5.76 Å². The number of benzene rings is 1. The highest BCUT2D eigenvalue weighted by molar-refractivity contribution is 7.99. The van der Waals surface area contributed by atoms with Crippen molar-refractivity contribution >= 4 is 17.7 Å². The number of nitrogens with zero attached hydrogens (tertiary/aromatic N) is 3. The lowest BCUT2D eigenvalue weighted by Gasteiger charge is -2.16. The second-order valence-corrected chi connectivity index (χ2v) is 5.65. The van der Waals surface area contributed by atoms with E-state index in [2.05, 4.69) is 5.10 Å². The minimum absolute atomic E-state index is 0.130. The molecule has 4 nitrogen and oxygen atoms in total. The number of halogens is 2. The summed E-state index contributed by atoms with van der Waals surface area (Å²) in [5, 5.41) is 3.96. The Kier molecular flexibility index (Phi) is 4.95. The highest BCUT2D eigenvalue weighted by Crippen LogP contribution is 2.25. The molecule has 0 saturated carbocycles. The summed E-state index contributed by atoms with van der Waals surface area (Å²) in [7, 11) is 3.44. The van der Waals surface area contributed by atoms with Gasteiger partial charge in [-0.1, -0.05) is 23.9 Å². The summed E-state index contributed by atoms with van der Waals surface area (Å²) in [5.41, 5.74) is 1.40. The van der Waals surface area contributed by atoms with Crippen molar-refractivity contribution in [3.63, 3.8) is 0 Å². The molecular formula is C14H15F2N3OS. The summed E-state index contributed by atoms with van der Waals surface area (Å²) in [4.78, 5) is 14.2. The van der Waals surface area contributed by atoms with Crippen molar-refractivity contribution < 1.29 is 13.6 Å². The third kappa shape index (κ3) is 4.29. The Hall–Kier alpha value is -1.89. The van der Waals surface area contributed by atoms with E-state index >= 15 is 0 Å². The third-order valence-corrected chi connectivity index (χ3v) is 3.59. The highest BCUT2D eigenvalue weighted by atomic mass is 32.2. The summed E-state index contributed by atoms with van der Waals surface area (Å²) in [6, 6.07) is 6.76. The molecule has 0 atom stereocenters. The van der Waals surface area contributed by atoms with Crippen molar-refractivity contribution in [2.24, 2.45) is 7.05 Å². The van der Waals surface area contributed by atoms with E-state index in [-0.39, 0.29) is 5.91 Å². The van der Waals surface area contributed by atoms with Crippen LogP contribution in [0, 0.1) is 0 Å². The molecule has 21 heavy (non-hydrogen) atoms. The van der Waals surface area contributed by atoms with E-state index in [4.69, 9.17) is 0 Å². The SMILES string of the molecule is CN(Cc1ccc(SC(F)F)cc1)C(=O)c1cnn(C)c1. The second-order valence-electron chi connectivity index (χ2n) is 4.59. The van der Waals surface area contributed by atoms with E-state index in [0.29, 0.717) is 28.8 Å². The number of rotatable bonds is 5. The fourth-order valence-corrected chi connectivity index (χ4v) is 2.37. The molecule has 7 heteroatoms. The maximum Gasteiger partial charge on any atom is 0.288 e. The van der Waals surface area contributed by atoms with Crippen LogP contribution in [-0.4, -0.2) is 33.4 Å². The average molecular weight is 311 g/mol. The zero-order chi connectivity index (χ0) is 15.4. The molecule has 1 heterocycles. The molecule has 112 valence electrons. The van der Waals surface area contributed by atoms with Crippen LogP contribution in [-0.2, 0) is 13.6 Å². The molecule has 0 saturated heterocycles. The molecule has 0 radical (unpaired) electrons. The lowest BCUT2D eigenvalue weighted by molar-refractivity contribution is 0.0785. The maximum atomic E-state index is 12.2. The normalized spacial score (nSPS) is 10.9. The Bertz CT molecular complexity index is 613. The highest BCUT2D eigenvalue weighted by Gasteiger charge is 2.14. The van der Waals surface area contributed by atoms with Gasteiger partial charge in [0.25, 0.3) is 11.7 Å². The molecule has 1 aromatic carbocycles. The lowest BCUT2D eigenvalue weighted by atomic mass is 10.2. The predicted octanol–water partition coefficient (Wildman–Crippen LogP) is 3.01. The van der Waals surface area contributed by atoms with Gasteiger partial charge in [0.15, 0.2) is 0 Å². The van der Waals surface area contributed by atoms with E-state index in [0.717, 1.165) is 5.56 Å². The maximum absolute atomic E-state index is 12.2. The molecule has 0 fully saturated rings. The Balaban J connectivity index is 1.99. The number of carbonyl (C=O) groups excluding carboxylic acids is 1. The first kappa shape index (κ1) is 15.5. The zero-order valence-electron chi connectivity index (χ0n) is 11.7. The Morgan fingerprint density at radius 3 is 2.57 bits per heavy atom. The first-order valence-corrected chi connectivity index (χ1v) is 7.11. The van der Waals surface area contributed by atoms with E-state index in [1.54, 1.807) is 54.1 Å². The molecule has 1 aromatic heterocycles. The number of hydrogen-bond acceptors (Lipinski definition) is 3. The van der Waals surface area contributed by atoms with Crippen molar-refractivity contribution in [3.8, 4) is 0 Å². The van der Waals surface area contributed by atoms with E-state index in [1.165, 1.54) is 6.20 Å². The van der Waals surface area contributed by atoms with E-state index in [9.17, 15) is 13.6 Å². The zero-order valence-corrected chi connectivity index (χ0v) is 12.5. The second kappa shape index (κ2) is 6.71. The quantitative estimate of drug-likeness (QED) is 0.797. The van der Waals surface area contributed by atoms with Crippen molar-refractivity contribution in [2.75, 3.05) is 7.05 Å². The van der Waals surface area contributed by atoms with Crippen molar-refractivity contribution in [1.82, 2.24) is 14.7 Å². The number of hydrogen-bond donors (Lipinski definition) is 0. The fourth-order valence-electron chi connectivity index (χ4n) is 1.87. The number of alkyl halides is 2. The van der Waals surface area contributed by atoms with Gasteiger partial charge in [-0.05, 0) is 17.7 Å². The number of amides is 1. The molecule has 1 amide bonds. The Morgan fingerprint density at radius 2 is 2.05 bits per heavy atom. The van der Waals surface area contributed by atoms with Gasteiger partial charge < -0.3 is 4.90 Å². The first-order chi connectivity index (χ1) is 9.95. The minimum Gasteiger partial charge on any atom is -0.337 e. The Morgan fingerprint density at radius 1 is 1.38 bits per heavy atom. The third-order valence-electron chi connectivity index (χ3n) is 2.87. The van der Waals surface area contributed by atoms with Crippen LogP contribution in [0.4, 0.5) is 8.78 Å². The summed E-state index contributed by atoms with van der Waals surface area (Å²) >= 11 is 0.507. The summed E-state index contributed by atoms with van der Waals surface area (Å²) < 4.78 is 26.0. The van der Waals surface area contributed by atoms with Crippen molar-refractivity contribution in [1.29, 1.82) is 0 Å². The molecule has 0 aliphatic rings. The number of thioether (sulfide) groups is 1. The molecule has 0 aliphatic carbocycles. The van der Waals surface area contributed by atoms with Crippen LogP contribution >= 0.6 is 11.8 Å². The molecular weight excluding hydrogens is 296 g/mol. The van der Waals surface area contributed by atoms with Crippen LogP contribution in [0.3, 0.4) is 0 Å². The predicted molar refractivity (Wildman–Crippen MR) is 77.3 cm³/mol. The minimum atomic E-state index is -2.43. The fraction of sp³-hybridized carbons (Fsp3) is 0.286. The van der Waals surface area contributed by atoms with Gasteiger partial charge in [-0.2, -0.15) is 13.9 Å². The topological polar surface area (TPSA) is 38.1 Å². The van der Waals surface area contributed by atoms with Gasteiger partial charge in [-0.15, -0.1) is 0 Å². The summed E-state index contributed by atoms with van der Waals surface area (Å²) in [6.45, 7) is 0.410.